The third kappa shape index (κ3) is 4.53. The van der Waals surface area contributed by atoms with Crippen LogP contribution in [0.1, 0.15) is 38.8 Å². The van der Waals surface area contributed by atoms with Crippen LogP contribution in [0, 0.1) is 5.92 Å². The third-order valence-corrected chi connectivity index (χ3v) is 5.42. The van der Waals surface area contributed by atoms with Crippen molar-refractivity contribution in [2.24, 2.45) is 5.92 Å². The highest BCUT2D eigenvalue weighted by molar-refractivity contribution is 7.89. The predicted octanol–water partition coefficient (Wildman–Crippen LogP) is 2.64. The van der Waals surface area contributed by atoms with Gasteiger partial charge in [0.2, 0.25) is 10.0 Å². The van der Waals surface area contributed by atoms with Crippen molar-refractivity contribution in [1.82, 2.24) is 9.62 Å². The number of sulfonamides is 1. The van der Waals surface area contributed by atoms with Gasteiger partial charge in [-0.3, -0.25) is 0 Å². The second-order valence-electron chi connectivity index (χ2n) is 5.66. The molecule has 0 aliphatic heterocycles. The molecule has 0 heterocycles. The van der Waals surface area contributed by atoms with Crippen molar-refractivity contribution in [1.29, 1.82) is 0 Å². The maximum atomic E-state index is 12.8. The summed E-state index contributed by atoms with van der Waals surface area (Å²) in [5, 5.41) is 3.10. The van der Waals surface area contributed by atoms with Crippen LogP contribution in [-0.4, -0.2) is 32.9 Å². The molecular weight excluding hydrogens is 284 g/mol. The zero-order chi connectivity index (χ0) is 16.0. The second-order valence-corrected chi connectivity index (χ2v) is 7.60. The molecule has 0 aliphatic rings. The average molecular weight is 312 g/mol. The molecule has 0 bridgehead atoms. The molecule has 1 aromatic carbocycles. The highest BCUT2D eigenvalue weighted by Gasteiger charge is 2.24. The molecule has 0 atom stereocenters. The highest BCUT2D eigenvalue weighted by Crippen LogP contribution is 2.21. The molecule has 0 fully saturated rings. The summed E-state index contributed by atoms with van der Waals surface area (Å²) in [6.07, 6.45) is 0.904. The Balaban J connectivity index is 3.21. The molecule has 1 aromatic rings. The van der Waals surface area contributed by atoms with Crippen molar-refractivity contribution < 1.29 is 8.42 Å². The molecule has 0 amide bonds. The van der Waals surface area contributed by atoms with Crippen molar-refractivity contribution in [3.8, 4) is 0 Å². The van der Waals surface area contributed by atoms with E-state index >= 15 is 0 Å². The first kappa shape index (κ1) is 18.1. The summed E-state index contributed by atoms with van der Waals surface area (Å²) in [6, 6.07) is 5.48. The third-order valence-electron chi connectivity index (χ3n) is 3.49. The van der Waals surface area contributed by atoms with Gasteiger partial charge in [0.05, 0.1) is 4.90 Å². The first-order chi connectivity index (χ1) is 9.86. The smallest absolute Gasteiger partial charge is 0.243 e. The lowest BCUT2D eigenvalue weighted by molar-refractivity contribution is 0.381. The van der Waals surface area contributed by atoms with Crippen molar-refractivity contribution in [3.05, 3.63) is 29.3 Å². The molecule has 4 nitrogen and oxygen atoms in total. The van der Waals surface area contributed by atoms with Crippen LogP contribution in [0.3, 0.4) is 0 Å². The fourth-order valence-corrected chi connectivity index (χ4v) is 4.08. The summed E-state index contributed by atoms with van der Waals surface area (Å²) in [5.41, 5.74) is 2.25. The Bertz CT molecular complexity index is 553. The van der Waals surface area contributed by atoms with Gasteiger partial charge in [-0.1, -0.05) is 33.8 Å². The van der Waals surface area contributed by atoms with Gasteiger partial charge in [0, 0.05) is 19.6 Å². The fraction of sp³-hybridized carbons (Fsp3) is 0.625. The number of nitrogens with zero attached hydrogens (tertiary/aromatic N) is 1. The van der Waals surface area contributed by atoms with Crippen LogP contribution in [0.5, 0.6) is 0 Å². The first-order valence-electron chi connectivity index (χ1n) is 7.63. The van der Waals surface area contributed by atoms with Gasteiger partial charge in [0.1, 0.15) is 0 Å². The Hall–Kier alpha value is -0.910. The minimum absolute atomic E-state index is 0.311. The van der Waals surface area contributed by atoms with E-state index in [-0.39, 0.29) is 0 Å². The Kier molecular flexibility index (Phi) is 6.84. The molecular formula is C16H28N2O2S. The lowest BCUT2D eigenvalue weighted by Gasteiger charge is -2.23. The summed E-state index contributed by atoms with van der Waals surface area (Å²) in [4.78, 5) is 0.396. The first-order valence-corrected chi connectivity index (χ1v) is 9.07. The summed E-state index contributed by atoms with van der Waals surface area (Å²) in [5.74, 6) is 0.311. The molecule has 0 spiro atoms. The summed E-state index contributed by atoms with van der Waals surface area (Å²) in [6.45, 7) is 9.76. The van der Waals surface area contributed by atoms with E-state index in [1.165, 1.54) is 5.56 Å². The van der Waals surface area contributed by atoms with E-state index < -0.39 is 10.0 Å². The van der Waals surface area contributed by atoms with E-state index in [0.29, 0.717) is 30.4 Å². The standard InChI is InChI=1S/C16H28N2O2S/c1-6-14-8-9-16(10-15(14)11-17-5)21(19,20)18(7-2)12-13(3)4/h8-10,13,17H,6-7,11-12H2,1-5H3. The summed E-state index contributed by atoms with van der Waals surface area (Å²) in [7, 11) is -1.53. The lowest BCUT2D eigenvalue weighted by Crippen LogP contribution is -2.34. The molecule has 0 radical (unpaired) electrons. The molecule has 0 unspecified atom stereocenters. The molecule has 120 valence electrons. The number of aryl methyl sites for hydroxylation is 1. The Morgan fingerprint density at radius 1 is 1.19 bits per heavy atom. The monoisotopic (exact) mass is 312 g/mol. The van der Waals surface area contributed by atoms with Crippen LogP contribution in [0.2, 0.25) is 0 Å². The van der Waals surface area contributed by atoms with E-state index in [2.05, 4.69) is 12.2 Å². The SMILES string of the molecule is CCc1ccc(S(=O)(=O)N(CC)CC(C)C)cc1CNC. The van der Waals surface area contributed by atoms with Gasteiger partial charge < -0.3 is 5.32 Å². The summed E-state index contributed by atoms with van der Waals surface area (Å²) >= 11 is 0. The van der Waals surface area contributed by atoms with Crippen molar-refractivity contribution in [2.45, 2.75) is 45.6 Å². The Labute approximate surface area is 129 Å². The van der Waals surface area contributed by atoms with Gasteiger partial charge in [-0.25, -0.2) is 8.42 Å². The number of hydrogen-bond acceptors (Lipinski definition) is 3. The molecule has 21 heavy (non-hydrogen) atoms. The molecule has 0 aromatic heterocycles. The van der Waals surface area contributed by atoms with Crippen LogP contribution >= 0.6 is 0 Å². The van der Waals surface area contributed by atoms with Gasteiger partial charge in [-0.05, 0) is 42.6 Å². The minimum atomic E-state index is -3.41. The highest BCUT2D eigenvalue weighted by atomic mass is 32.2. The van der Waals surface area contributed by atoms with Gasteiger partial charge in [-0.2, -0.15) is 4.31 Å². The zero-order valence-electron chi connectivity index (χ0n) is 13.8. The van der Waals surface area contributed by atoms with E-state index in [4.69, 9.17) is 0 Å². The van der Waals surface area contributed by atoms with Crippen LogP contribution in [-0.2, 0) is 23.0 Å². The molecule has 0 saturated carbocycles. The molecule has 1 rings (SSSR count). The zero-order valence-corrected chi connectivity index (χ0v) is 14.6. The minimum Gasteiger partial charge on any atom is -0.316 e. The van der Waals surface area contributed by atoms with E-state index in [0.717, 1.165) is 12.0 Å². The van der Waals surface area contributed by atoms with Crippen LogP contribution in [0.25, 0.3) is 0 Å². The van der Waals surface area contributed by atoms with Crippen molar-refractivity contribution in [2.75, 3.05) is 20.1 Å². The van der Waals surface area contributed by atoms with Gasteiger partial charge in [0.25, 0.3) is 0 Å². The Morgan fingerprint density at radius 2 is 1.86 bits per heavy atom. The van der Waals surface area contributed by atoms with Crippen molar-refractivity contribution >= 4 is 10.0 Å². The maximum Gasteiger partial charge on any atom is 0.243 e. The number of hydrogen-bond donors (Lipinski definition) is 1. The van der Waals surface area contributed by atoms with Crippen molar-refractivity contribution in [3.63, 3.8) is 0 Å². The Morgan fingerprint density at radius 3 is 2.33 bits per heavy atom. The quantitative estimate of drug-likeness (QED) is 0.803. The lowest BCUT2D eigenvalue weighted by atomic mass is 10.1. The summed E-state index contributed by atoms with van der Waals surface area (Å²) < 4.78 is 27.1. The van der Waals surface area contributed by atoms with Crippen LogP contribution in [0.15, 0.2) is 23.1 Å². The van der Waals surface area contributed by atoms with Gasteiger partial charge >= 0.3 is 0 Å². The second kappa shape index (κ2) is 7.92. The maximum absolute atomic E-state index is 12.8. The van der Waals surface area contributed by atoms with E-state index in [1.54, 1.807) is 10.4 Å². The van der Waals surface area contributed by atoms with Crippen LogP contribution in [0.4, 0.5) is 0 Å². The fourth-order valence-electron chi connectivity index (χ4n) is 2.42. The molecule has 0 aliphatic carbocycles. The normalized spacial score (nSPS) is 12.3. The molecule has 0 saturated heterocycles. The number of nitrogens with one attached hydrogen (secondary N) is 1. The average Bonchev–Trinajstić information content (AvgIpc) is 2.44. The van der Waals surface area contributed by atoms with E-state index in [1.807, 2.05) is 40.0 Å². The van der Waals surface area contributed by atoms with Gasteiger partial charge in [-0.15, -0.1) is 0 Å². The largest absolute Gasteiger partial charge is 0.316 e. The van der Waals surface area contributed by atoms with E-state index in [9.17, 15) is 8.42 Å². The molecule has 1 N–H and O–H groups in total. The topological polar surface area (TPSA) is 49.4 Å². The number of rotatable bonds is 8. The molecule has 5 heteroatoms. The van der Waals surface area contributed by atoms with Gasteiger partial charge in [0.15, 0.2) is 0 Å². The predicted molar refractivity (Wildman–Crippen MR) is 87.9 cm³/mol. The number of benzene rings is 1. The van der Waals surface area contributed by atoms with Crippen LogP contribution < -0.4 is 5.32 Å².